The van der Waals surface area contributed by atoms with Gasteiger partial charge in [-0.3, -0.25) is 9.59 Å². The molecule has 0 saturated heterocycles. The molecule has 0 heterocycles. The van der Waals surface area contributed by atoms with Crippen LogP contribution in [-0.2, 0) is 14.3 Å². The summed E-state index contributed by atoms with van der Waals surface area (Å²) in [6, 6.07) is 0. The highest BCUT2D eigenvalue weighted by molar-refractivity contribution is 5.83. The topological polar surface area (TPSA) is 46.6 Å². The molecule has 1 fully saturated rings. The zero-order valence-corrected chi connectivity index (χ0v) is 18.7. The van der Waals surface area contributed by atoms with Crippen molar-refractivity contribution in [3.63, 3.8) is 0 Å². The van der Waals surface area contributed by atoms with Crippen LogP contribution >= 0.6 is 0 Å². The molecule has 0 aromatic heterocycles. The fourth-order valence-electron chi connectivity index (χ4n) is 4.11. The summed E-state index contributed by atoms with van der Waals surface area (Å²) in [6.45, 7) is 2.85. The molecule has 1 rings (SSSR count). The number of hydrogen-bond acceptors (Lipinski definition) is 3. The van der Waals surface area contributed by atoms with Crippen molar-refractivity contribution in [2.45, 2.75) is 116 Å². The Bertz CT molecular complexity index is 405. The average molecular weight is 396 g/mol. The van der Waals surface area contributed by atoms with Gasteiger partial charge in [-0.25, -0.2) is 0 Å². The van der Waals surface area contributed by atoms with E-state index < -0.39 is 0 Å². The zero-order valence-electron chi connectivity index (χ0n) is 18.7. The van der Waals surface area contributed by atoms with E-state index >= 15 is 0 Å². The maximum absolute atomic E-state index is 12.2. The third kappa shape index (κ3) is 12.4. The first kappa shape index (κ1) is 25.0. The molecule has 0 aliphatic heterocycles. The van der Waals surface area contributed by atoms with Crippen molar-refractivity contribution in [2.75, 3.05) is 20.2 Å². The van der Waals surface area contributed by atoms with Crippen LogP contribution in [0.3, 0.4) is 0 Å². The third-order valence-corrected chi connectivity index (χ3v) is 5.96. The first-order chi connectivity index (χ1) is 13.6. The average Bonchev–Trinajstić information content (AvgIpc) is 3.22. The number of amides is 1. The smallest absolute Gasteiger partial charge is 0.325 e. The van der Waals surface area contributed by atoms with Crippen LogP contribution in [0, 0.1) is 5.92 Å². The summed E-state index contributed by atoms with van der Waals surface area (Å²) >= 11 is 0. The molecular weight excluding hydrogens is 350 g/mol. The maximum Gasteiger partial charge on any atom is 0.325 e. The standard InChI is InChI=1S/C24H45NO3/c1-3-4-5-6-7-8-9-10-11-12-13-14-17-20-28-23(26)21-25(2)24(27)22-18-15-16-19-22/h22H,3-21H2,1-2H3. The molecule has 0 spiro atoms. The molecule has 0 bridgehead atoms. The first-order valence-electron chi connectivity index (χ1n) is 12.1. The lowest BCUT2D eigenvalue weighted by Gasteiger charge is -2.19. The number of esters is 1. The molecule has 4 heteroatoms. The van der Waals surface area contributed by atoms with E-state index in [1.54, 1.807) is 11.9 Å². The molecule has 1 aliphatic carbocycles. The lowest BCUT2D eigenvalue weighted by molar-refractivity contribution is -0.149. The van der Waals surface area contributed by atoms with Crippen LogP contribution in [-0.4, -0.2) is 37.0 Å². The molecule has 0 aromatic rings. The molecule has 4 nitrogen and oxygen atoms in total. The van der Waals surface area contributed by atoms with Crippen LogP contribution in [0.4, 0.5) is 0 Å². The van der Waals surface area contributed by atoms with E-state index in [0.717, 1.165) is 38.5 Å². The molecule has 0 atom stereocenters. The van der Waals surface area contributed by atoms with Gasteiger partial charge in [0.05, 0.1) is 6.61 Å². The highest BCUT2D eigenvalue weighted by Crippen LogP contribution is 2.26. The molecule has 1 saturated carbocycles. The summed E-state index contributed by atoms with van der Waals surface area (Å²) in [7, 11) is 1.72. The number of likely N-dealkylation sites (N-methyl/N-ethyl adjacent to an activating group) is 1. The summed E-state index contributed by atoms with van der Waals surface area (Å²) in [5.41, 5.74) is 0. The van der Waals surface area contributed by atoms with Gasteiger partial charge >= 0.3 is 5.97 Å². The first-order valence-corrected chi connectivity index (χ1v) is 12.1. The molecule has 28 heavy (non-hydrogen) atoms. The van der Waals surface area contributed by atoms with Crippen LogP contribution in [0.2, 0.25) is 0 Å². The van der Waals surface area contributed by atoms with E-state index in [1.165, 1.54) is 70.6 Å². The predicted molar refractivity (Wildman–Crippen MR) is 116 cm³/mol. The van der Waals surface area contributed by atoms with Gasteiger partial charge in [-0.1, -0.05) is 96.8 Å². The minimum atomic E-state index is -0.271. The van der Waals surface area contributed by atoms with Gasteiger partial charge < -0.3 is 9.64 Å². The predicted octanol–water partition coefficient (Wildman–Crippen LogP) is 6.27. The van der Waals surface area contributed by atoms with Gasteiger partial charge in [-0.2, -0.15) is 0 Å². The van der Waals surface area contributed by atoms with E-state index in [9.17, 15) is 9.59 Å². The molecule has 0 radical (unpaired) electrons. The van der Waals surface area contributed by atoms with Gasteiger partial charge in [-0.05, 0) is 19.3 Å². The minimum absolute atomic E-state index is 0.0910. The maximum atomic E-state index is 12.2. The SMILES string of the molecule is CCCCCCCCCCCCCCCOC(=O)CN(C)C(=O)C1CCCC1. The van der Waals surface area contributed by atoms with E-state index in [0.29, 0.717) is 6.61 Å². The van der Waals surface area contributed by atoms with Crippen molar-refractivity contribution in [1.29, 1.82) is 0 Å². The quantitative estimate of drug-likeness (QED) is 0.215. The lowest BCUT2D eigenvalue weighted by atomic mass is 10.0. The largest absolute Gasteiger partial charge is 0.464 e. The number of nitrogens with zero attached hydrogens (tertiary/aromatic N) is 1. The lowest BCUT2D eigenvalue weighted by Crippen LogP contribution is -2.36. The van der Waals surface area contributed by atoms with Crippen LogP contribution in [0.5, 0.6) is 0 Å². The van der Waals surface area contributed by atoms with Gasteiger partial charge in [0.2, 0.25) is 5.91 Å². The molecule has 0 aromatic carbocycles. The molecule has 1 amide bonds. The summed E-state index contributed by atoms with van der Waals surface area (Å²) in [5, 5.41) is 0. The van der Waals surface area contributed by atoms with E-state index in [1.807, 2.05) is 0 Å². The van der Waals surface area contributed by atoms with Gasteiger partial charge in [0.1, 0.15) is 6.54 Å². The Morgan fingerprint density at radius 3 is 1.75 bits per heavy atom. The second kappa shape index (κ2) is 16.9. The Labute approximate surface area is 173 Å². The number of carbonyl (C=O) groups excluding carboxylic acids is 2. The Hall–Kier alpha value is -1.06. The summed E-state index contributed by atoms with van der Waals surface area (Å²) in [4.78, 5) is 25.6. The minimum Gasteiger partial charge on any atom is -0.464 e. The third-order valence-electron chi connectivity index (χ3n) is 5.96. The van der Waals surface area contributed by atoms with Crippen LogP contribution in [0.25, 0.3) is 0 Å². The highest BCUT2D eigenvalue weighted by atomic mass is 16.5. The van der Waals surface area contributed by atoms with Crippen LogP contribution in [0.15, 0.2) is 0 Å². The molecule has 1 aliphatic rings. The second-order valence-corrected chi connectivity index (χ2v) is 8.64. The number of ether oxygens (including phenoxy) is 1. The van der Waals surface area contributed by atoms with Gasteiger partial charge in [0.25, 0.3) is 0 Å². The van der Waals surface area contributed by atoms with Crippen molar-refractivity contribution >= 4 is 11.9 Å². The van der Waals surface area contributed by atoms with Crippen LogP contribution in [0.1, 0.15) is 116 Å². The van der Waals surface area contributed by atoms with E-state index in [-0.39, 0.29) is 24.3 Å². The van der Waals surface area contributed by atoms with Gasteiger partial charge in [-0.15, -0.1) is 0 Å². The van der Waals surface area contributed by atoms with Crippen LogP contribution < -0.4 is 0 Å². The van der Waals surface area contributed by atoms with Gasteiger partial charge in [0.15, 0.2) is 0 Å². The van der Waals surface area contributed by atoms with Crippen molar-refractivity contribution in [3.05, 3.63) is 0 Å². The summed E-state index contributed by atoms with van der Waals surface area (Å²) < 4.78 is 5.29. The zero-order chi connectivity index (χ0) is 20.5. The Kier molecular flexibility index (Phi) is 15.0. The summed E-state index contributed by atoms with van der Waals surface area (Å²) in [6.07, 6.45) is 21.2. The fraction of sp³-hybridized carbons (Fsp3) is 0.917. The molecule has 0 unspecified atom stereocenters. The number of carbonyl (C=O) groups is 2. The van der Waals surface area contributed by atoms with Crippen molar-refractivity contribution in [3.8, 4) is 0 Å². The number of rotatable bonds is 17. The van der Waals surface area contributed by atoms with Crippen molar-refractivity contribution in [1.82, 2.24) is 4.90 Å². The molecule has 0 N–H and O–H groups in total. The fourth-order valence-corrected chi connectivity index (χ4v) is 4.11. The Balaban J connectivity index is 1.85. The number of unbranched alkanes of at least 4 members (excludes halogenated alkanes) is 12. The Morgan fingerprint density at radius 2 is 1.25 bits per heavy atom. The highest BCUT2D eigenvalue weighted by Gasteiger charge is 2.26. The van der Waals surface area contributed by atoms with E-state index in [4.69, 9.17) is 4.74 Å². The van der Waals surface area contributed by atoms with Crippen molar-refractivity contribution in [2.24, 2.45) is 5.92 Å². The summed E-state index contributed by atoms with van der Waals surface area (Å²) in [5.74, 6) is -0.0398. The number of hydrogen-bond donors (Lipinski definition) is 0. The monoisotopic (exact) mass is 395 g/mol. The normalized spacial score (nSPS) is 14.4. The Morgan fingerprint density at radius 1 is 0.786 bits per heavy atom. The van der Waals surface area contributed by atoms with Gasteiger partial charge in [0, 0.05) is 13.0 Å². The molecular formula is C24H45NO3. The van der Waals surface area contributed by atoms with E-state index in [2.05, 4.69) is 6.92 Å². The molecule has 164 valence electrons. The second-order valence-electron chi connectivity index (χ2n) is 8.64. The van der Waals surface area contributed by atoms with Crippen molar-refractivity contribution < 1.29 is 14.3 Å².